The molecule has 0 radical (unpaired) electrons. The van der Waals surface area contributed by atoms with Gasteiger partial charge in [0, 0.05) is 6.42 Å². The number of hydrogen-bond acceptors (Lipinski definition) is 1. The van der Waals surface area contributed by atoms with Crippen LogP contribution >= 0.6 is 0 Å². The van der Waals surface area contributed by atoms with Gasteiger partial charge in [0.25, 0.3) is 0 Å². The molecule has 0 aromatic carbocycles. The summed E-state index contributed by atoms with van der Waals surface area (Å²) in [6, 6.07) is 0. The number of rotatable bonds is 16. The zero-order valence-corrected chi connectivity index (χ0v) is 15.5. The Hall–Kier alpha value is -1.57. The molecular formula is C22H36O2. The maximum Gasteiger partial charge on any atom is 0.303 e. The maximum atomic E-state index is 10.4. The lowest BCUT2D eigenvalue weighted by molar-refractivity contribution is -0.137. The van der Waals surface area contributed by atoms with Crippen LogP contribution in [0, 0.1) is 0 Å². The van der Waals surface area contributed by atoms with Crippen molar-refractivity contribution in [1.29, 1.82) is 0 Å². The molecule has 0 saturated carbocycles. The van der Waals surface area contributed by atoms with Gasteiger partial charge in [0.15, 0.2) is 0 Å². The van der Waals surface area contributed by atoms with Gasteiger partial charge < -0.3 is 5.11 Å². The van der Waals surface area contributed by atoms with E-state index in [0.717, 1.165) is 51.4 Å². The molecule has 0 saturated heterocycles. The molecule has 2 heteroatoms. The Morgan fingerprint density at radius 2 is 1.12 bits per heavy atom. The lowest BCUT2D eigenvalue weighted by Gasteiger charge is -1.96. The molecule has 0 aliphatic carbocycles. The molecule has 0 amide bonds. The van der Waals surface area contributed by atoms with Crippen molar-refractivity contribution in [3.8, 4) is 0 Å². The summed E-state index contributed by atoms with van der Waals surface area (Å²) in [6.07, 6.45) is 30.3. The summed E-state index contributed by atoms with van der Waals surface area (Å²) in [5.74, 6) is -0.681. The van der Waals surface area contributed by atoms with E-state index in [1.54, 1.807) is 0 Å². The van der Waals surface area contributed by atoms with Crippen molar-refractivity contribution in [2.75, 3.05) is 0 Å². The van der Waals surface area contributed by atoms with E-state index < -0.39 is 5.97 Å². The summed E-state index contributed by atoms with van der Waals surface area (Å²) in [4.78, 5) is 10.4. The van der Waals surface area contributed by atoms with Crippen molar-refractivity contribution >= 4 is 5.97 Å². The van der Waals surface area contributed by atoms with Crippen LogP contribution in [0.2, 0.25) is 0 Å². The van der Waals surface area contributed by atoms with E-state index in [9.17, 15) is 4.79 Å². The lowest BCUT2D eigenvalue weighted by atomic mass is 10.1. The van der Waals surface area contributed by atoms with E-state index in [-0.39, 0.29) is 0 Å². The number of carboxylic acids is 1. The van der Waals surface area contributed by atoms with Crippen LogP contribution in [-0.4, -0.2) is 11.1 Å². The van der Waals surface area contributed by atoms with E-state index in [1.165, 1.54) is 19.3 Å². The van der Waals surface area contributed by atoms with Crippen molar-refractivity contribution < 1.29 is 9.90 Å². The highest BCUT2D eigenvalue weighted by Crippen LogP contribution is 2.06. The molecule has 0 spiro atoms. The van der Waals surface area contributed by atoms with Gasteiger partial charge in [-0.25, -0.2) is 0 Å². The Bertz CT molecular complexity index is 389. The van der Waals surface area contributed by atoms with Crippen LogP contribution in [0.4, 0.5) is 0 Å². The molecule has 1 N–H and O–H groups in total. The van der Waals surface area contributed by atoms with Gasteiger partial charge in [-0.05, 0) is 64.2 Å². The smallest absolute Gasteiger partial charge is 0.303 e. The fourth-order valence-corrected chi connectivity index (χ4v) is 2.30. The molecular weight excluding hydrogens is 296 g/mol. The first kappa shape index (κ1) is 22.4. The zero-order chi connectivity index (χ0) is 17.7. The summed E-state index contributed by atoms with van der Waals surface area (Å²) < 4.78 is 0. The molecule has 0 rings (SSSR count). The maximum absolute atomic E-state index is 10.4. The molecule has 0 aromatic heterocycles. The topological polar surface area (TPSA) is 37.3 Å². The highest BCUT2D eigenvalue weighted by molar-refractivity contribution is 5.66. The second-order valence-electron chi connectivity index (χ2n) is 6.04. The Kier molecular flexibility index (Phi) is 18.2. The summed E-state index contributed by atoms with van der Waals surface area (Å²) in [5, 5.41) is 8.53. The average molecular weight is 333 g/mol. The van der Waals surface area contributed by atoms with Gasteiger partial charge in [-0.3, -0.25) is 4.79 Å². The third-order valence-electron chi connectivity index (χ3n) is 3.70. The molecule has 136 valence electrons. The number of hydrogen-bond donors (Lipinski definition) is 1. The van der Waals surface area contributed by atoms with Crippen LogP contribution in [0.5, 0.6) is 0 Å². The summed E-state index contributed by atoms with van der Waals surface area (Å²) in [5.41, 5.74) is 0. The molecule has 24 heavy (non-hydrogen) atoms. The number of carboxylic acid groups (broad SMARTS) is 1. The number of carbonyl (C=O) groups is 1. The predicted molar refractivity (Wildman–Crippen MR) is 105 cm³/mol. The Balaban J connectivity index is 3.29. The minimum Gasteiger partial charge on any atom is -0.481 e. The van der Waals surface area contributed by atoms with Crippen molar-refractivity contribution in [3.63, 3.8) is 0 Å². The monoisotopic (exact) mass is 332 g/mol. The normalized spacial score (nSPS) is 12.4. The molecule has 0 fully saturated rings. The molecule has 2 nitrogen and oxygen atoms in total. The molecule has 0 heterocycles. The fourth-order valence-electron chi connectivity index (χ4n) is 2.30. The SMILES string of the molecule is CCC=CCC=CCC=CCCCCC=CCCCCCC(=O)O. The second kappa shape index (κ2) is 19.5. The predicted octanol–water partition coefficient (Wildman–Crippen LogP) is 7.00. The number of allylic oxidation sites excluding steroid dienone is 8. The van der Waals surface area contributed by atoms with E-state index >= 15 is 0 Å². The summed E-state index contributed by atoms with van der Waals surface area (Å²) >= 11 is 0. The molecule has 0 aliphatic heterocycles. The van der Waals surface area contributed by atoms with E-state index in [2.05, 4.69) is 55.5 Å². The van der Waals surface area contributed by atoms with E-state index in [0.29, 0.717) is 6.42 Å². The first-order valence-electron chi connectivity index (χ1n) is 9.59. The molecule has 0 aromatic rings. The van der Waals surface area contributed by atoms with Crippen LogP contribution in [0.3, 0.4) is 0 Å². The van der Waals surface area contributed by atoms with Crippen molar-refractivity contribution in [1.82, 2.24) is 0 Å². The van der Waals surface area contributed by atoms with Crippen LogP contribution < -0.4 is 0 Å². The van der Waals surface area contributed by atoms with E-state index in [1.807, 2.05) is 0 Å². The van der Waals surface area contributed by atoms with Gasteiger partial charge in [-0.1, -0.05) is 62.0 Å². The lowest BCUT2D eigenvalue weighted by Crippen LogP contribution is -1.93. The third-order valence-corrected chi connectivity index (χ3v) is 3.70. The molecule has 0 unspecified atom stereocenters. The quantitative estimate of drug-likeness (QED) is 0.244. The minimum atomic E-state index is -0.681. The van der Waals surface area contributed by atoms with Crippen LogP contribution in [0.15, 0.2) is 48.6 Å². The average Bonchev–Trinajstić information content (AvgIpc) is 2.56. The first-order valence-corrected chi connectivity index (χ1v) is 9.59. The largest absolute Gasteiger partial charge is 0.481 e. The van der Waals surface area contributed by atoms with Crippen molar-refractivity contribution in [2.24, 2.45) is 0 Å². The van der Waals surface area contributed by atoms with Gasteiger partial charge >= 0.3 is 5.97 Å². The summed E-state index contributed by atoms with van der Waals surface area (Å²) in [7, 11) is 0. The number of aliphatic carboxylic acids is 1. The van der Waals surface area contributed by atoms with Crippen LogP contribution in [0.25, 0.3) is 0 Å². The first-order chi connectivity index (χ1) is 11.8. The van der Waals surface area contributed by atoms with Gasteiger partial charge in [-0.15, -0.1) is 0 Å². The van der Waals surface area contributed by atoms with Crippen LogP contribution in [-0.2, 0) is 4.79 Å². The highest BCUT2D eigenvalue weighted by Gasteiger charge is 1.94. The zero-order valence-electron chi connectivity index (χ0n) is 15.5. The molecule has 0 atom stereocenters. The van der Waals surface area contributed by atoms with Gasteiger partial charge in [-0.2, -0.15) is 0 Å². The second-order valence-corrected chi connectivity index (χ2v) is 6.04. The van der Waals surface area contributed by atoms with Gasteiger partial charge in [0.1, 0.15) is 0 Å². The minimum absolute atomic E-state index is 0.308. The standard InChI is InChI=1S/C22H36O2/c1-2-3-4-5-6-7-8-9-10-11-12-13-14-15-16-17-18-19-20-21-22(23)24/h3-4,6-7,9-10,15-16H,2,5,8,11-14,17-21H2,1H3,(H,23,24). The molecule has 0 bridgehead atoms. The van der Waals surface area contributed by atoms with Gasteiger partial charge in [0.2, 0.25) is 0 Å². The van der Waals surface area contributed by atoms with Crippen molar-refractivity contribution in [2.45, 2.75) is 84.0 Å². The summed E-state index contributed by atoms with van der Waals surface area (Å²) in [6.45, 7) is 2.16. The Labute approximate surface area is 149 Å². The number of unbranched alkanes of at least 4 members (excludes halogenated alkanes) is 6. The Morgan fingerprint density at radius 1 is 0.667 bits per heavy atom. The third kappa shape index (κ3) is 20.4. The van der Waals surface area contributed by atoms with Crippen LogP contribution in [0.1, 0.15) is 84.0 Å². The highest BCUT2D eigenvalue weighted by atomic mass is 16.4. The molecule has 0 aliphatic rings. The van der Waals surface area contributed by atoms with E-state index in [4.69, 9.17) is 5.11 Å². The Morgan fingerprint density at radius 3 is 1.67 bits per heavy atom. The fraction of sp³-hybridized carbons (Fsp3) is 0.591. The van der Waals surface area contributed by atoms with Crippen molar-refractivity contribution in [3.05, 3.63) is 48.6 Å². The van der Waals surface area contributed by atoms with Gasteiger partial charge in [0.05, 0.1) is 0 Å².